The summed E-state index contributed by atoms with van der Waals surface area (Å²) in [5, 5.41) is 0. The number of ether oxygens (including phenoxy) is 2. The van der Waals surface area contributed by atoms with Crippen molar-refractivity contribution in [3.05, 3.63) is 0 Å². The first kappa shape index (κ1) is 24.8. The Hall–Kier alpha value is -1.24. The largest absolute Gasteiger partial charge is 0.465 e. The molecule has 4 nitrogen and oxygen atoms in total. The van der Waals surface area contributed by atoms with Gasteiger partial charge >= 0.3 is 29.9 Å². The molecule has 0 unspecified atom stereocenters. The highest BCUT2D eigenvalue weighted by atomic mass is 19.4. The van der Waals surface area contributed by atoms with E-state index in [-0.39, 0.29) is 13.0 Å². The Kier molecular flexibility index (Phi) is 8.42. The number of hydrogen-bond acceptors (Lipinski definition) is 4. The highest BCUT2D eigenvalue weighted by Gasteiger charge is 2.61. The molecule has 0 aliphatic carbocycles. The highest BCUT2D eigenvalue weighted by molar-refractivity contribution is 5.69. The molecule has 28 heavy (non-hydrogen) atoms. The first-order chi connectivity index (χ1) is 12.7. The number of esters is 1. The lowest BCUT2D eigenvalue weighted by Gasteiger charge is -2.28. The molecular formula is C15H20F9NO3. The summed E-state index contributed by atoms with van der Waals surface area (Å²) in [5.41, 5.74) is 0. The van der Waals surface area contributed by atoms with Crippen LogP contribution in [0.1, 0.15) is 25.7 Å². The van der Waals surface area contributed by atoms with Crippen molar-refractivity contribution in [3.8, 4) is 0 Å². The molecule has 0 aromatic rings. The number of nitrogens with zero attached hydrogens (tertiary/aromatic N) is 1. The van der Waals surface area contributed by atoms with E-state index >= 15 is 0 Å². The highest BCUT2D eigenvalue weighted by Crippen LogP contribution is 2.45. The number of rotatable bonds is 10. The average molecular weight is 433 g/mol. The molecule has 1 aliphatic rings. The molecule has 0 atom stereocenters. The van der Waals surface area contributed by atoms with E-state index in [1.165, 1.54) is 0 Å². The third-order valence-electron chi connectivity index (χ3n) is 4.12. The van der Waals surface area contributed by atoms with Crippen molar-refractivity contribution in [3.63, 3.8) is 0 Å². The topological polar surface area (TPSA) is 38.8 Å². The number of carbonyl (C=O) groups is 1. The number of morpholine rings is 1. The van der Waals surface area contributed by atoms with Crippen LogP contribution in [-0.4, -0.2) is 74.3 Å². The van der Waals surface area contributed by atoms with Crippen molar-refractivity contribution in [2.75, 3.05) is 39.5 Å². The van der Waals surface area contributed by atoms with E-state index in [0.29, 0.717) is 26.3 Å². The summed E-state index contributed by atoms with van der Waals surface area (Å²) in [7, 11) is 0. The fourth-order valence-corrected chi connectivity index (χ4v) is 2.26. The SMILES string of the molecule is O=C(CCN1CCOCC1)OCCC(F)(F)C(F)(F)CCC(F)(F)C(F)(F)F. The predicted octanol–water partition coefficient (Wildman–Crippen LogP) is 3.89. The number of hydrogen-bond donors (Lipinski definition) is 0. The van der Waals surface area contributed by atoms with Crippen LogP contribution in [0.2, 0.25) is 0 Å². The lowest BCUT2D eigenvalue weighted by atomic mass is 10.0. The van der Waals surface area contributed by atoms with Crippen molar-refractivity contribution < 1.29 is 53.8 Å². The first-order valence-corrected chi connectivity index (χ1v) is 8.34. The quantitative estimate of drug-likeness (QED) is 0.387. The second-order valence-corrected chi connectivity index (χ2v) is 6.29. The molecular weight excluding hydrogens is 413 g/mol. The van der Waals surface area contributed by atoms with Crippen molar-refractivity contribution in [2.24, 2.45) is 0 Å². The lowest BCUT2D eigenvalue weighted by molar-refractivity contribution is -0.294. The summed E-state index contributed by atoms with van der Waals surface area (Å²) in [6.07, 6.45) is -12.9. The standard InChI is InChI=1S/C15H20F9NO3/c16-12(17,2-3-14(20,21)15(22,23)24)13(18,19)4-8-28-11(26)1-5-25-6-9-27-10-7-25/h1-10H2. The van der Waals surface area contributed by atoms with Crippen LogP contribution in [0.3, 0.4) is 0 Å². The fraction of sp³-hybridized carbons (Fsp3) is 0.933. The number of halogens is 9. The molecule has 13 heteroatoms. The zero-order valence-corrected chi connectivity index (χ0v) is 14.6. The van der Waals surface area contributed by atoms with Gasteiger partial charge in [0.25, 0.3) is 0 Å². The summed E-state index contributed by atoms with van der Waals surface area (Å²) in [4.78, 5) is 13.3. The minimum atomic E-state index is -6.12. The first-order valence-electron chi connectivity index (χ1n) is 8.34. The Labute approximate surface area is 154 Å². The number of carbonyl (C=O) groups excluding carboxylic acids is 1. The maximum atomic E-state index is 13.5. The zero-order chi connectivity index (χ0) is 21.6. The second kappa shape index (κ2) is 9.51. The van der Waals surface area contributed by atoms with Crippen molar-refractivity contribution in [1.29, 1.82) is 0 Å². The summed E-state index contributed by atoms with van der Waals surface area (Å²) in [6.45, 7) is 1.16. The molecule has 166 valence electrons. The van der Waals surface area contributed by atoms with Gasteiger partial charge in [0.2, 0.25) is 0 Å². The molecule has 0 radical (unpaired) electrons. The minimum Gasteiger partial charge on any atom is -0.465 e. The van der Waals surface area contributed by atoms with Gasteiger partial charge in [-0.3, -0.25) is 9.69 Å². The van der Waals surface area contributed by atoms with Gasteiger partial charge in [0.1, 0.15) is 0 Å². The van der Waals surface area contributed by atoms with Gasteiger partial charge in [-0.1, -0.05) is 0 Å². The van der Waals surface area contributed by atoms with Gasteiger partial charge in [-0.2, -0.15) is 39.5 Å². The Balaban J connectivity index is 2.40. The van der Waals surface area contributed by atoms with E-state index in [0.717, 1.165) is 0 Å². The molecule has 0 amide bonds. The van der Waals surface area contributed by atoms with E-state index in [1.807, 2.05) is 4.90 Å². The summed E-state index contributed by atoms with van der Waals surface area (Å²) >= 11 is 0. The summed E-state index contributed by atoms with van der Waals surface area (Å²) in [6, 6.07) is 0. The van der Waals surface area contributed by atoms with Gasteiger partial charge in [-0.25, -0.2) is 0 Å². The maximum absolute atomic E-state index is 13.5. The number of alkyl halides is 9. The fourth-order valence-electron chi connectivity index (χ4n) is 2.26. The van der Waals surface area contributed by atoms with E-state index in [9.17, 15) is 44.3 Å². The molecule has 1 aliphatic heterocycles. The molecule has 1 heterocycles. The normalized spacial score (nSPS) is 17.6. The van der Waals surface area contributed by atoms with Gasteiger partial charge < -0.3 is 9.47 Å². The van der Waals surface area contributed by atoms with Gasteiger partial charge in [-0.05, 0) is 0 Å². The monoisotopic (exact) mass is 433 g/mol. The third-order valence-corrected chi connectivity index (χ3v) is 4.12. The van der Waals surface area contributed by atoms with Crippen molar-refractivity contribution in [1.82, 2.24) is 4.90 Å². The Morgan fingerprint density at radius 3 is 1.86 bits per heavy atom. The third kappa shape index (κ3) is 7.30. The van der Waals surface area contributed by atoms with Crippen LogP contribution in [0.4, 0.5) is 39.5 Å². The van der Waals surface area contributed by atoms with Crippen LogP contribution >= 0.6 is 0 Å². The van der Waals surface area contributed by atoms with Crippen LogP contribution in [0, 0.1) is 0 Å². The van der Waals surface area contributed by atoms with E-state index < -0.39 is 55.8 Å². The van der Waals surface area contributed by atoms with E-state index in [2.05, 4.69) is 4.74 Å². The van der Waals surface area contributed by atoms with Crippen LogP contribution in [0.5, 0.6) is 0 Å². The Morgan fingerprint density at radius 2 is 1.32 bits per heavy atom. The Morgan fingerprint density at radius 1 is 0.821 bits per heavy atom. The van der Waals surface area contributed by atoms with Gasteiger partial charge in [0.15, 0.2) is 0 Å². The van der Waals surface area contributed by atoms with Crippen LogP contribution in [-0.2, 0) is 14.3 Å². The average Bonchev–Trinajstić information content (AvgIpc) is 2.58. The molecule has 0 aromatic heterocycles. The minimum absolute atomic E-state index is 0.181. The van der Waals surface area contributed by atoms with Gasteiger partial charge in [-0.15, -0.1) is 0 Å². The molecule has 1 saturated heterocycles. The molecule has 1 rings (SSSR count). The molecule has 0 aromatic carbocycles. The molecule has 0 spiro atoms. The van der Waals surface area contributed by atoms with Gasteiger partial charge in [0.05, 0.1) is 32.7 Å². The lowest BCUT2D eigenvalue weighted by Crippen LogP contribution is -2.44. The summed E-state index contributed by atoms with van der Waals surface area (Å²) < 4.78 is 125. The molecule has 1 fully saturated rings. The Bertz CT molecular complexity index is 505. The van der Waals surface area contributed by atoms with Crippen molar-refractivity contribution >= 4 is 5.97 Å². The van der Waals surface area contributed by atoms with Crippen LogP contribution in [0.15, 0.2) is 0 Å². The smallest absolute Gasteiger partial charge is 0.453 e. The predicted molar refractivity (Wildman–Crippen MR) is 77.6 cm³/mol. The van der Waals surface area contributed by atoms with Crippen LogP contribution < -0.4 is 0 Å². The maximum Gasteiger partial charge on any atom is 0.453 e. The zero-order valence-electron chi connectivity index (χ0n) is 14.6. The van der Waals surface area contributed by atoms with Crippen molar-refractivity contribution in [2.45, 2.75) is 49.6 Å². The van der Waals surface area contributed by atoms with E-state index in [4.69, 9.17) is 4.74 Å². The molecule has 0 saturated carbocycles. The van der Waals surface area contributed by atoms with Gasteiger partial charge in [0, 0.05) is 32.5 Å². The summed E-state index contributed by atoms with van der Waals surface area (Å²) in [5.74, 6) is -16.5. The van der Waals surface area contributed by atoms with Crippen LogP contribution in [0.25, 0.3) is 0 Å². The second-order valence-electron chi connectivity index (χ2n) is 6.29. The van der Waals surface area contributed by atoms with E-state index in [1.54, 1.807) is 0 Å². The molecule has 0 bridgehead atoms. The molecule has 0 N–H and O–H groups in total.